The van der Waals surface area contributed by atoms with Gasteiger partial charge in [0.25, 0.3) is 0 Å². The van der Waals surface area contributed by atoms with E-state index in [0.717, 1.165) is 17.7 Å². The molecule has 3 nitrogen and oxygen atoms in total. The predicted octanol–water partition coefficient (Wildman–Crippen LogP) is 2.88. The van der Waals surface area contributed by atoms with Crippen LogP contribution in [0.5, 0.6) is 0 Å². The van der Waals surface area contributed by atoms with E-state index in [1.807, 2.05) is 0 Å². The summed E-state index contributed by atoms with van der Waals surface area (Å²) in [5.74, 6) is -0.976. The molecule has 1 aliphatic heterocycles. The van der Waals surface area contributed by atoms with Crippen LogP contribution in [0.1, 0.15) is 19.3 Å². The van der Waals surface area contributed by atoms with Crippen molar-refractivity contribution < 1.29 is 14.0 Å². The number of carbonyl (C=O) groups is 2. The summed E-state index contributed by atoms with van der Waals surface area (Å²) in [6.45, 7) is 0. The van der Waals surface area contributed by atoms with Crippen LogP contribution in [0.15, 0.2) is 22.7 Å². The molecular weight excluding hydrogens is 301 g/mol. The maximum absolute atomic E-state index is 13.5. The Hall–Kier alpha value is -1.23. The van der Waals surface area contributed by atoms with Gasteiger partial charge in [-0.2, -0.15) is 0 Å². The summed E-state index contributed by atoms with van der Waals surface area (Å²) in [7, 11) is 0. The van der Waals surface area contributed by atoms with Crippen LogP contribution >= 0.6 is 15.9 Å². The number of carbonyl (C=O) groups excluding carboxylic acids is 2. The first-order chi connectivity index (χ1) is 8.58. The fourth-order valence-electron chi connectivity index (χ4n) is 2.78. The minimum atomic E-state index is -0.467. The molecule has 1 aliphatic carbocycles. The Bertz CT molecular complexity index is 524. The Morgan fingerprint density at radius 1 is 1.17 bits per heavy atom. The quantitative estimate of drug-likeness (QED) is 0.748. The van der Waals surface area contributed by atoms with Gasteiger partial charge in [-0.3, -0.25) is 9.59 Å². The fourth-order valence-corrected chi connectivity index (χ4v) is 3.03. The fraction of sp³-hybridized carbons (Fsp3) is 0.385. The number of benzene rings is 1. The van der Waals surface area contributed by atoms with Crippen LogP contribution in [-0.2, 0) is 9.59 Å². The molecule has 1 aromatic carbocycles. The van der Waals surface area contributed by atoms with Gasteiger partial charge in [-0.1, -0.05) is 0 Å². The minimum absolute atomic E-state index is 0.0700. The summed E-state index contributed by atoms with van der Waals surface area (Å²) in [4.78, 5) is 25.5. The molecular formula is C13H11BrFNO2. The summed E-state index contributed by atoms with van der Waals surface area (Å²) < 4.78 is 13.8. The van der Waals surface area contributed by atoms with Gasteiger partial charge < -0.3 is 0 Å². The van der Waals surface area contributed by atoms with E-state index in [2.05, 4.69) is 15.9 Å². The molecule has 0 aromatic heterocycles. The lowest BCUT2D eigenvalue weighted by Gasteiger charge is -2.29. The molecule has 18 heavy (non-hydrogen) atoms. The highest BCUT2D eigenvalue weighted by Crippen LogP contribution is 2.40. The smallest absolute Gasteiger partial charge is 0.236 e. The van der Waals surface area contributed by atoms with Gasteiger partial charge >= 0.3 is 0 Å². The predicted molar refractivity (Wildman–Crippen MR) is 67.4 cm³/mol. The minimum Gasteiger partial charge on any atom is -0.274 e. The van der Waals surface area contributed by atoms with E-state index in [0.29, 0.717) is 16.6 Å². The lowest BCUT2D eigenvalue weighted by molar-refractivity contribution is -0.132. The number of fused-ring (bicyclic) bond motifs is 2. The van der Waals surface area contributed by atoms with E-state index >= 15 is 0 Å². The van der Waals surface area contributed by atoms with Crippen molar-refractivity contribution in [3.8, 4) is 0 Å². The topological polar surface area (TPSA) is 37.4 Å². The molecule has 1 saturated heterocycles. The number of imide groups is 1. The third-order valence-corrected chi connectivity index (χ3v) is 4.38. The number of piperidine rings is 1. The van der Waals surface area contributed by atoms with Crippen LogP contribution in [0.4, 0.5) is 10.1 Å². The standard InChI is InChI=1S/C13H11BrFNO2/c14-10-4-3-9(6-11(10)15)16-12(17)7-1-2-8(5-7)13(16)18/h3-4,6-8H,1-2,5H2. The summed E-state index contributed by atoms with van der Waals surface area (Å²) in [6, 6.07) is 4.33. The highest BCUT2D eigenvalue weighted by Gasteiger charge is 2.45. The normalized spacial score (nSPS) is 26.9. The van der Waals surface area contributed by atoms with Crippen molar-refractivity contribution in [3.05, 3.63) is 28.5 Å². The summed E-state index contributed by atoms with van der Waals surface area (Å²) >= 11 is 3.06. The van der Waals surface area contributed by atoms with Crippen LogP contribution in [0.3, 0.4) is 0 Å². The van der Waals surface area contributed by atoms with Gasteiger partial charge in [0.15, 0.2) is 0 Å². The largest absolute Gasteiger partial charge is 0.274 e. The van der Waals surface area contributed by atoms with Crippen molar-refractivity contribution in [2.45, 2.75) is 19.3 Å². The molecule has 1 heterocycles. The molecule has 0 radical (unpaired) electrons. The van der Waals surface area contributed by atoms with Crippen molar-refractivity contribution in [2.75, 3.05) is 4.90 Å². The van der Waals surface area contributed by atoms with E-state index in [4.69, 9.17) is 0 Å². The van der Waals surface area contributed by atoms with Crippen LogP contribution in [-0.4, -0.2) is 11.8 Å². The number of halogens is 2. The number of hydrogen-bond donors (Lipinski definition) is 0. The SMILES string of the molecule is O=C1C2CCC(C2)C(=O)N1c1ccc(Br)c(F)c1. The molecule has 0 N–H and O–H groups in total. The van der Waals surface area contributed by atoms with Gasteiger partial charge in [-0.15, -0.1) is 0 Å². The first-order valence-electron chi connectivity index (χ1n) is 5.91. The first kappa shape index (κ1) is 11.8. The number of hydrogen-bond acceptors (Lipinski definition) is 2. The number of anilines is 1. The maximum atomic E-state index is 13.5. The summed E-state index contributed by atoms with van der Waals surface area (Å²) in [5.41, 5.74) is 0.335. The van der Waals surface area contributed by atoms with E-state index in [1.54, 1.807) is 6.07 Å². The molecule has 2 atom stereocenters. The lowest BCUT2D eigenvalue weighted by atomic mass is 9.96. The average molecular weight is 312 g/mol. The van der Waals surface area contributed by atoms with Crippen molar-refractivity contribution in [3.63, 3.8) is 0 Å². The molecule has 94 valence electrons. The van der Waals surface area contributed by atoms with Gasteiger partial charge in [0.2, 0.25) is 11.8 Å². The zero-order chi connectivity index (χ0) is 12.9. The van der Waals surface area contributed by atoms with Crippen LogP contribution in [0.2, 0.25) is 0 Å². The van der Waals surface area contributed by atoms with Gasteiger partial charge in [0, 0.05) is 11.8 Å². The first-order valence-corrected chi connectivity index (χ1v) is 6.70. The number of nitrogens with zero attached hydrogens (tertiary/aromatic N) is 1. The van der Waals surface area contributed by atoms with E-state index < -0.39 is 5.82 Å². The van der Waals surface area contributed by atoms with Crippen molar-refractivity contribution in [1.29, 1.82) is 0 Å². The monoisotopic (exact) mass is 311 g/mol. The second kappa shape index (κ2) is 4.16. The summed E-state index contributed by atoms with van der Waals surface area (Å²) in [6.07, 6.45) is 2.20. The van der Waals surface area contributed by atoms with E-state index in [1.165, 1.54) is 12.1 Å². The van der Waals surface area contributed by atoms with Gasteiger partial charge in [-0.25, -0.2) is 9.29 Å². The Balaban J connectivity index is 2.02. The zero-order valence-corrected chi connectivity index (χ0v) is 11.1. The average Bonchev–Trinajstić information content (AvgIpc) is 2.78. The van der Waals surface area contributed by atoms with Crippen LogP contribution in [0.25, 0.3) is 0 Å². The molecule has 2 bridgehead atoms. The van der Waals surface area contributed by atoms with Crippen LogP contribution < -0.4 is 4.90 Å². The third-order valence-electron chi connectivity index (χ3n) is 3.73. The Kier molecular flexibility index (Phi) is 2.73. The van der Waals surface area contributed by atoms with E-state index in [9.17, 15) is 14.0 Å². The van der Waals surface area contributed by atoms with Gasteiger partial charge in [0.1, 0.15) is 5.82 Å². The van der Waals surface area contributed by atoms with Crippen molar-refractivity contribution >= 4 is 33.4 Å². The molecule has 2 unspecified atom stereocenters. The van der Waals surface area contributed by atoms with Gasteiger partial charge in [0.05, 0.1) is 10.2 Å². The molecule has 1 saturated carbocycles. The lowest BCUT2D eigenvalue weighted by Crippen LogP contribution is -2.46. The Morgan fingerprint density at radius 2 is 1.78 bits per heavy atom. The summed E-state index contributed by atoms with van der Waals surface area (Å²) in [5, 5.41) is 0. The highest BCUT2D eigenvalue weighted by atomic mass is 79.9. The molecule has 2 fully saturated rings. The third kappa shape index (κ3) is 1.68. The van der Waals surface area contributed by atoms with Crippen molar-refractivity contribution in [2.24, 2.45) is 11.8 Å². The van der Waals surface area contributed by atoms with Crippen molar-refractivity contribution in [1.82, 2.24) is 0 Å². The molecule has 5 heteroatoms. The molecule has 0 spiro atoms. The molecule has 1 aromatic rings. The molecule has 3 rings (SSSR count). The number of rotatable bonds is 1. The zero-order valence-electron chi connectivity index (χ0n) is 9.53. The maximum Gasteiger partial charge on any atom is 0.236 e. The van der Waals surface area contributed by atoms with E-state index in [-0.39, 0.29) is 23.7 Å². The highest BCUT2D eigenvalue weighted by molar-refractivity contribution is 9.10. The molecule has 2 aliphatic rings. The second-order valence-corrected chi connectivity index (χ2v) is 5.67. The Labute approximate surface area is 112 Å². The van der Waals surface area contributed by atoms with Gasteiger partial charge in [-0.05, 0) is 53.4 Å². The van der Waals surface area contributed by atoms with Crippen LogP contribution in [0, 0.1) is 17.7 Å². The Morgan fingerprint density at radius 3 is 2.33 bits per heavy atom. The number of amides is 2. The second-order valence-electron chi connectivity index (χ2n) is 4.82. The molecule has 2 amide bonds.